The number of para-hydroxylation sites is 1. The molecule has 0 spiro atoms. The number of benzene rings is 1. The fourth-order valence-corrected chi connectivity index (χ4v) is 1.76. The third-order valence-electron chi connectivity index (χ3n) is 2.67. The Morgan fingerprint density at radius 1 is 1.47 bits per heavy atom. The molecule has 0 heterocycles. The van der Waals surface area contributed by atoms with Crippen LogP contribution in [0.1, 0.15) is 25.0 Å². The molecule has 0 saturated heterocycles. The zero-order chi connectivity index (χ0) is 14.5. The minimum absolute atomic E-state index is 0.415. The largest absolute Gasteiger partial charge is 0.496 e. The van der Waals surface area contributed by atoms with Crippen molar-refractivity contribution in [1.82, 2.24) is 5.32 Å². The highest BCUT2D eigenvalue weighted by Crippen LogP contribution is 2.28. The first-order valence-corrected chi connectivity index (χ1v) is 6.19. The van der Waals surface area contributed by atoms with Gasteiger partial charge in [-0.05, 0) is 26.3 Å². The van der Waals surface area contributed by atoms with Crippen molar-refractivity contribution in [3.63, 3.8) is 0 Å². The number of allylic oxidation sites excluding steroid dienone is 1. The number of methoxy groups -OCH3 is 1. The number of rotatable bonds is 6. The van der Waals surface area contributed by atoms with Crippen LogP contribution in [0.2, 0.25) is 0 Å². The van der Waals surface area contributed by atoms with E-state index in [0.29, 0.717) is 12.1 Å². The lowest BCUT2D eigenvalue weighted by Gasteiger charge is -2.17. The SMILES string of the molecule is COc1c(C)cccc1/C(C=N)=C/NCC(C)(C)O. The number of aliphatic hydroxyl groups is 1. The Bertz CT molecular complexity index is 474. The molecule has 0 fully saturated rings. The minimum Gasteiger partial charge on any atom is -0.496 e. The smallest absolute Gasteiger partial charge is 0.129 e. The molecule has 4 heteroatoms. The van der Waals surface area contributed by atoms with Crippen molar-refractivity contribution in [3.05, 3.63) is 35.5 Å². The maximum atomic E-state index is 9.65. The summed E-state index contributed by atoms with van der Waals surface area (Å²) in [5.74, 6) is 0.766. The Balaban J connectivity index is 3.00. The zero-order valence-corrected chi connectivity index (χ0v) is 11.9. The molecule has 0 atom stereocenters. The van der Waals surface area contributed by atoms with E-state index in [0.717, 1.165) is 16.9 Å². The van der Waals surface area contributed by atoms with E-state index in [2.05, 4.69) is 5.32 Å². The molecular formula is C15H22N2O2. The van der Waals surface area contributed by atoms with Crippen molar-refractivity contribution in [2.45, 2.75) is 26.4 Å². The van der Waals surface area contributed by atoms with E-state index in [9.17, 15) is 5.11 Å². The van der Waals surface area contributed by atoms with Crippen molar-refractivity contribution >= 4 is 11.8 Å². The summed E-state index contributed by atoms with van der Waals surface area (Å²) in [6, 6.07) is 5.81. The summed E-state index contributed by atoms with van der Waals surface area (Å²) in [6.45, 7) is 5.84. The van der Waals surface area contributed by atoms with Crippen LogP contribution in [0, 0.1) is 12.3 Å². The minimum atomic E-state index is -0.791. The standard InChI is InChI=1S/C15H22N2O2/c1-11-6-5-7-13(14(11)19-4)12(8-16)9-17-10-15(2,3)18/h5-9,16-18H,10H2,1-4H3/b12-9+,16-8?. The van der Waals surface area contributed by atoms with Crippen molar-refractivity contribution in [2.75, 3.05) is 13.7 Å². The summed E-state index contributed by atoms with van der Waals surface area (Å²) in [5.41, 5.74) is 1.81. The van der Waals surface area contributed by atoms with Gasteiger partial charge in [0.25, 0.3) is 0 Å². The number of hydrogen-bond donors (Lipinski definition) is 3. The van der Waals surface area contributed by atoms with E-state index >= 15 is 0 Å². The van der Waals surface area contributed by atoms with E-state index in [1.54, 1.807) is 27.2 Å². The first kappa shape index (κ1) is 15.2. The van der Waals surface area contributed by atoms with Crippen LogP contribution in [0.5, 0.6) is 5.75 Å². The van der Waals surface area contributed by atoms with E-state index < -0.39 is 5.60 Å². The molecule has 0 aliphatic carbocycles. The highest BCUT2D eigenvalue weighted by Gasteiger charge is 2.12. The Hall–Kier alpha value is -1.81. The lowest BCUT2D eigenvalue weighted by atomic mass is 10.0. The highest BCUT2D eigenvalue weighted by atomic mass is 16.5. The molecule has 0 amide bonds. The Morgan fingerprint density at radius 2 is 2.16 bits per heavy atom. The summed E-state index contributed by atoms with van der Waals surface area (Å²) in [6.07, 6.45) is 3.00. The third-order valence-corrected chi connectivity index (χ3v) is 2.67. The maximum absolute atomic E-state index is 9.65. The number of hydrogen-bond acceptors (Lipinski definition) is 4. The first-order valence-electron chi connectivity index (χ1n) is 6.19. The first-order chi connectivity index (χ1) is 8.89. The van der Waals surface area contributed by atoms with Crippen LogP contribution in [0.25, 0.3) is 5.57 Å². The molecule has 1 rings (SSSR count). The lowest BCUT2D eigenvalue weighted by Crippen LogP contribution is -2.32. The molecule has 0 radical (unpaired) electrons. The van der Waals surface area contributed by atoms with E-state index in [1.165, 1.54) is 6.21 Å². The second kappa shape index (κ2) is 6.38. The molecule has 1 aromatic rings. The van der Waals surface area contributed by atoms with Gasteiger partial charge in [0, 0.05) is 30.1 Å². The normalized spacial score (nSPS) is 12.2. The Kier molecular flexibility index (Phi) is 5.12. The average Bonchev–Trinajstić information content (AvgIpc) is 2.33. The zero-order valence-electron chi connectivity index (χ0n) is 11.9. The van der Waals surface area contributed by atoms with E-state index in [1.807, 2.05) is 25.1 Å². The number of nitrogens with one attached hydrogen (secondary N) is 2. The van der Waals surface area contributed by atoms with Gasteiger partial charge in [-0.25, -0.2) is 0 Å². The molecule has 0 aliphatic rings. The Labute approximate surface area is 114 Å². The van der Waals surface area contributed by atoms with Gasteiger partial charge in [-0.15, -0.1) is 0 Å². The molecular weight excluding hydrogens is 240 g/mol. The molecule has 0 aliphatic heterocycles. The van der Waals surface area contributed by atoms with E-state index in [4.69, 9.17) is 10.1 Å². The quantitative estimate of drug-likeness (QED) is 0.689. The van der Waals surface area contributed by atoms with Crippen LogP contribution in [0.15, 0.2) is 24.4 Å². The van der Waals surface area contributed by atoms with Crippen LogP contribution in [-0.4, -0.2) is 30.6 Å². The summed E-state index contributed by atoms with van der Waals surface area (Å²) in [7, 11) is 1.62. The second-order valence-electron chi connectivity index (χ2n) is 5.09. The molecule has 0 unspecified atom stereocenters. The topological polar surface area (TPSA) is 65.3 Å². The molecule has 3 N–H and O–H groups in total. The predicted molar refractivity (Wildman–Crippen MR) is 78.8 cm³/mol. The Morgan fingerprint density at radius 3 is 2.68 bits per heavy atom. The van der Waals surface area contributed by atoms with Gasteiger partial charge in [0.2, 0.25) is 0 Å². The molecule has 0 aromatic heterocycles. The second-order valence-corrected chi connectivity index (χ2v) is 5.09. The molecule has 0 saturated carbocycles. The van der Waals surface area contributed by atoms with Gasteiger partial charge in [0.1, 0.15) is 5.75 Å². The van der Waals surface area contributed by atoms with Crippen molar-refractivity contribution < 1.29 is 9.84 Å². The summed E-state index contributed by atoms with van der Waals surface area (Å²) >= 11 is 0. The fraction of sp³-hybridized carbons (Fsp3) is 0.400. The van der Waals surface area contributed by atoms with Crippen LogP contribution in [0.4, 0.5) is 0 Å². The van der Waals surface area contributed by atoms with Gasteiger partial charge in [-0.2, -0.15) is 0 Å². The predicted octanol–water partition coefficient (Wildman–Crippen LogP) is 2.35. The van der Waals surface area contributed by atoms with Gasteiger partial charge in [0.15, 0.2) is 0 Å². The highest BCUT2D eigenvalue weighted by molar-refractivity contribution is 6.09. The molecule has 1 aromatic carbocycles. The van der Waals surface area contributed by atoms with Gasteiger partial charge in [-0.1, -0.05) is 18.2 Å². The fourth-order valence-electron chi connectivity index (χ4n) is 1.76. The van der Waals surface area contributed by atoms with Crippen molar-refractivity contribution in [3.8, 4) is 5.75 Å². The lowest BCUT2D eigenvalue weighted by molar-refractivity contribution is 0.0836. The van der Waals surface area contributed by atoms with Crippen LogP contribution in [-0.2, 0) is 0 Å². The van der Waals surface area contributed by atoms with Gasteiger partial charge in [0.05, 0.1) is 12.7 Å². The van der Waals surface area contributed by atoms with E-state index in [-0.39, 0.29) is 0 Å². The molecule has 19 heavy (non-hydrogen) atoms. The van der Waals surface area contributed by atoms with Crippen LogP contribution < -0.4 is 10.1 Å². The van der Waals surface area contributed by atoms with Crippen molar-refractivity contribution in [2.24, 2.45) is 0 Å². The van der Waals surface area contributed by atoms with Gasteiger partial charge >= 0.3 is 0 Å². The molecule has 104 valence electrons. The summed E-state index contributed by atoms with van der Waals surface area (Å²) in [5, 5.41) is 20.2. The average molecular weight is 262 g/mol. The van der Waals surface area contributed by atoms with Crippen molar-refractivity contribution in [1.29, 1.82) is 5.41 Å². The van der Waals surface area contributed by atoms with Crippen LogP contribution >= 0.6 is 0 Å². The third kappa shape index (κ3) is 4.41. The van der Waals surface area contributed by atoms with Gasteiger partial charge < -0.3 is 20.6 Å². The summed E-state index contributed by atoms with van der Waals surface area (Å²) in [4.78, 5) is 0. The number of aryl methyl sites for hydroxylation is 1. The van der Waals surface area contributed by atoms with Crippen LogP contribution in [0.3, 0.4) is 0 Å². The molecule has 0 bridgehead atoms. The summed E-state index contributed by atoms with van der Waals surface area (Å²) < 4.78 is 5.38. The maximum Gasteiger partial charge on any atom is 0.129 e. The van der Waals surface area contributed by atoms with Gasteiger partial charge in [-0.3, -0.25) is 0 Å². The molecule has 4 nitrogen and oxygen atoms in total. The monoisotopic (exact) mass is 262 g/mol. The number of ether oxygens (including phenoxy) is 1.